The molecule has 0 heterocycles. The lowest BCUT2D eigenvalue weighted by atomic mass is 9.61. The summed E-state index contributed by atoms with van der Waals surface area (Å²) in [6.45, 7) is 11.1. The Morgan fingerprint density at radius 3 is 1.74 bits per heavy atom. The van der Waals surface area contributed by atoms with Crippen LogP contribution in [0.4, 0.5) is 11.4 Å². The molecule has 268 valence electrons. The average molecular weight is 697 g/mol. The van der Waals surface area contributed by atoms with E-state index in [1.54, 1.807) is 7.05 Å². The minimum atomic E-state index is -0.474. The third-order valence-electron chi connectivity index (χ3n) is 9.00. The van der Waals surface area contributed by atoms with E-state index in [4.69, 9.17) is 0 Å². The summed E-state index contributed by atoms with van der Waals surface area (Å²) in [5.74, 6) is 4.60. The van der Waals surface area contributed by atoms with Crippen molar-refractivity contribution < 1.29 is 0 Å². The van der Waals surface area contributed by atoms with E-state index in [1.807, 2.05) is 66.7 Å². The Hall–Kier alpha value is -6.00. The molecule has 6 N–H and O–H groups in total. The first-order valence-electron chi connectivity index (χ1n) is 17.9. The number of anilines is 2. The number of nitrogens with two attached hydrogens (primary N) is 2. The first kappa shape index (κ1) is 39.8. The van der Waals surface area contributed by atoms with Gasteiger partial charge >= 0.3 is 0 Å². The maximum Gasteiger partial charge on any atom is 0.0740 e. The van der Waals surface area contributed by atoms with Crippen molar-refractivity contribution in [3.8, 4) is 0 Å². The lowest BCUT2D eigenvalue weighted by molar-refractivity contribution is 0.693. The van der Waals surface area contributed by atoms with E-state index in [0.717, 1.165) is 40.9 Å². The van der Waals surface area contributed by atoms with Crippen molar-refractivity contribution >= 4 is 16.9 Å². The molecular weight excluding hydrogens is 645 g/mol. The van der Waals surface area contributed by atoms with Crippen LogP contribution in [0.3, 0.4) is 0 Å². The molecule has 7 rings (SSSR count). The summed E-state index contributed by atoms with van der Waals surface area (Å²) in [5.41, 5.74) is 22.9. The average Bonchev–Trinajstić information content (AvgIpc) is 3.75. The van der Waals surface area contributed by atoms with Crippen LogP contribution in [0.5, 0.6) is 0 Å². The quantitative estimate of drug-likeness (QED) is 0.0591. The highest BCUT2D eigenvalue weighted by Gasteiger charge is 2.42. The molecule has 0 aliphatic heterocycles. The molecule has 2 aliphatic rings. The summed E-state index contributed by atoms with van der Waals surface area (Å²) >= 11 is 0. The van der Waals surface area contributed by atoms with Gasteiger partial charge in [-0.3, -0.25) is 11.3 Å². The fourth-order valence-corrected chi connectivity index (χ4v) is 6.60. The fourth-order valence-electron chi connectivity index (χ4n) is 6.60. The molecule has 0 bridgehead atoms. The SMILES string of the molecule is C=C1/C=C(/c2ccccc2)C/C=C(/C(C2=C=CC=C2)(c2ccccc2)c2ccccc2C)CC1=C.CN.CNN.c1ccc(Nc2ccccc2)cc1. The Labute approximate surface area is 317 Å². The predicted molar refractivity (Wildman–Crippen MR) is 229 cm³/mol. The molecule has 1 unspecified atom stereocenters. The first-order valence-corrected chi connectivity index (χ1v) is 17.9. The molecule has 53 heavy (non-hydrogen) atoms. The van der Waals surface area contributed by atoms with E-state index in [0.29, 0.717) is 0 Å². The molecule has 0 saturated carbocycles. The number of hydrazine groups is 1. The Bertz CT molecular complexity index is 2030. The summed E-state index contributed by atoms with van der Waals surface area (Å²) < 4.78 is 0. The molecule has 1 atom stereocenters. The van der Waals surface area contributed by atoms with Gasteiger partial charge in [0, 0.05) is 16.9 Å². The van der Waals surface area contributed by atoms with Crippen LogP contribution in [0, 0.1) is 6.92 Å². The molecule has 5 aromatic carbocycles. The highest BCUT2D eigenvalue weighted by molar-refractivity contribution is 5.73. The number of benzene rings is 5. The summed E-state index contributed by atoms with van der Waals surface area (Å²) in [5, 5.41) is 3.30. The maximum absolute atomic E-state index is 4.60. The van der Waals surface area contributed by atoms with Gasteiger partial charge in [0.2, 0.25) is 0 Å². The summed E-state index contributed by atoms with van der Waals surface area (Å²) in [6, 6.07) is 50.5. The number of aryl methyl sites for hydroxylation is 1. The zero-order chi connectivity index (χ0) is 37.9. The molecular formula is C49H52N4. The molecule has 0 amide bonds. The Morgan fingerprint density at radius 1 is 0.698 bits per heavy atom. The largest absolute Gasteiger partial charge is 0.356 e. The van der Waals surface area contributed by atoms with E-state index >= 15 is 0 Å². The number of nitrogens with one attached hydrogen (secondary N) is 2. The molecule has 4 heteroatoms. The van der Waals surface area contributed by atoms with Crippen LogP contribution in [-0.2, 0) is 5.41 Å². The first-order chi connectivity index (χ1) is 26.0. The van der Waals surface area contributed by atoms with Crippen molar-refractivity contribution in [2.45, 2.75) is 25.2 Å². The van der Waals surface area contributed by atoms with Crippen LogP contribution >= 0.6 is 0 Å². The van der Waals surface area contributed by atoms with Crippen LogP contribution in [0.1, 0.15) is 35.1 Å². The highest BCUT2D eigenvalue weighted by Crippen LogP contribution is 2.50. The van der Waals surface area contributed by atoms with Crippen molar-refractivity contribution in [1.29, 1.82) is 0 Å². The Morgan fingerprint density at radius 2 is 1.21 bits per heavy atom. The number of para-hydroxylation sites is 2. The molecule has 5 aromatic rings. The van der Waals surface area contributed by atoms with E-state index in [-0.39, 0.29) is 0 Å². The molecule has 0 spiro atoms. The molecule has 2 aliphatic carbocycles. The van der Waals surface area contributed by atoms with Crippen LogP contribution in [0.25, 0.3) is 5.57 Å². The maximum atomic E-state index is 4.60. The smallest absolute Gasteiger partial charge is 0.0740 e. The van der Waals surface area contributed by atoms with E-state index in [1.165, 1.54) is 40.4 Å². The number of allylic oxidation sites excluding steroid dienone is 9. The number of hydrogen-bond acceptors (Lipinski definition) is 4. The fraction of sp³-hybridized carbons (Fsp3) is 0.122. The van der Waals surface area contributed by atoms with Gasteiger partial charge in [-0.1, -0.05) is 153 Å². The van der Waals surface area contributed by atoms with Crippen LogP contribution in [0.2, 0.25) is 0 Å². The zero-order valence-electron chi connectivity index (χ0n) is 31.2. The van der Waals surface area contributed by atoms with Gasteiger partial charge in [-0.15, -0.1) is 5.73 Å². The van der Waals surface area contributed by atoms with Crippen molar-refractivity contribution in [3.05, 3.63) is 239 Å². The summed E-state index contributed by atoms with van der Waals surface area (Å²) in [6.07, 6.45) is 12.5. The Balaban J connectivity index is 0.000000289. The van der Waals surface area contributed by atoms with Crippen molar-refractivity contribution in [1.82, 2.24) is 5.43 Å². The van der Waals surface area contributed by atoms with Crippen molar-refractivity contribution in [2.75, 3.05) is 19.4 Å². The molecule has 0 fully saturated rings. The van der Waals surface area contributed by atoms with E-state index in [9.17, 15) is 0 Å². The monoisotopic (exact) mass is 696 g/mol. The van der Waals surface area contributed by atoms with E-state index < -0.39 is 5.41 Å². The Kier molecular flexibility index (Phi) is 15.6. The topological polar surface area (TPSA) is 76.1 Å². The molecule has 0 saturated heterocycles. The van der Waals surface area contributed by atoms with Crippen LogP contribution < -0.4 is 22.3 Å². The third-order valence-corrected chi connectivity index (χ3v) is 9.00. The lowest BCUT2D eigenvalue weighted by Crippen LogP contribution is -2.33. The van der Waals surface area contributed by atoms with Gasteiger partial charge in [0.25, 0.3) is 0 Å². The standard InChI is InChI=1S/C35H30.C12H11N.CH6N2.CH5N/c1-26-14-10-13-21-34(26)35(32-19-11-12-20-32,31-17-8-5-9-18-31)33-23-22-30(24-27(2)28(3)25-33)29-15-6-4-7-16-29;1-3-7-11(8-4-1)13-12-9-5-2-6-10-12;1-3-2;1-2/h4-19,21,23-24H,2-3,22,25H2,1H3;1-10,13H;3H,2H2,1H3;2H2,1H3/b30-24+,33-23+;;;. The second-order valence-electron chi connectivity index (χ2n) is 12.4. The van der Waals surface area contributed by atoms with Gasteiger partial charge < -0.3 is 11.1 Å². The minimum absolute atomic E-state index is 0.474. The van der Waals surface area contributed by atoms with Gasteiger partial charge in [0.1, 0.15) is 0 Å². The van der Waals surface area contributed by atoms with E-state index in [2.05, 4.69) is 157 Å². The summed E-state index contributed by atoms with van der Waals surface area (Å²) in [4.78, 5) is 0. The molecule has 0 aromatic heterocycles. The second-order valence-corrected chi connectivity index (χ2v) is 12.4. The van der Waals surface area contributed by atoms with Crippen molar-refractivity contribution in [2.24, 2.45) is 11.6 Å². The minimum Gasteiger partial charge on any atom is -0.356 e. The third kappa shape index (κ3) is 10.3. The predicted octanol–water partition coefficient (Wildman–Crippen LogP) is 10.9. The molecule has 4 nitrogen and oxygen atoms in total. The van der Waals surface area contributed by atoms with Crippen molar-refractivity contribution in [3.63, 3.8) is 0 Å². The summed E-state index contributed by atoms with van der Waals surface area (Å²) in [7, 11) is 3.15. The second kappa shape index (κ2) is 20.8. The van der Waals surface area contributed by atoms with Gasteiger partial charge in [0.05, 0.1) is 5.41 Å². The van der Waals surface area contributed by atoms with Gasteiger partial charge in [-0.2, -0.15) is 0 Å². The normalized spacial score (nSPS) is 16.1. The van der Waals surface area contributed by atoms with Gasteiger partial charge in [0.15, 0.2) is 0 Å². The highest BCUT2D eigenvalue weighted by atomic mass is 15.2. The van der Waals surface area contributed by atoms with Gasteiger partial charge in [-0.25, -0.2) is 0 Å². The van der Waals surface area contributed by atoms with Gasteiger partial charge in [-0.05, 0) is 115 Å². The lowest BCUT2D eigenvalue weighted by Gasteiger charge is -2.40. The van der Waals surface area contributed by atoms with Crippen LogP contribution in [-0.4, -0.2) is 14.1 Å². The molecule has 0 radical (unpaired) electrons. The number of hydrogen-bond donors (Lipinski definition) is 4. The number of rotatable bonds is 7. The zero-order valence-corrected chi connectivity index (χ0v) is 31.2. The van der Waals surface area contributed by atoms with Crippen LogP contribution in [0.15, 0.2) is 217 Å².